The van der Waals surface area contributed by atoms with Gasteiger partial charge in [-0.3, -0.25) is 0 Å². The molecule has 0 heterocycles. The molecule has 15 heavy (non-hydrogen) atoms. The van der Waals surface area contributed by atoms with Gasteiger partial charge in [0, 0.05) is 16.5 Å². The largest absolute Gasteiger partial charge is 0.316 e. The first-order valence-electron chi connectivity index (χ1n) is 6.62. The summed E-state index contributed by atoms with van der Waals surface area (Å²) in [5.41, 5.74) is 0. The van der Waals surface area contributed by atoms with E-state index in [1.807, 2.05) is 0 Å². The first-order chi connectivity index (χ1) is 7.29. The maximum absolute atomic E-state index is 3.53. The van der Waals surface area contributed by atoms with Crippen molar-refractivity contribution in [1.82, 2.24) is 5.32 Å². The molecule has 0 aromatic carbocycles. The molecule has 0 aromatic heterocycles. The molecule has 0 radical (unpaired) electrons. The quantitative estimate of drug-likeness (QED) is 0.792. The van der Waals surface area contributed by atoms with E-state index in [-0.39, 0.29) is 0 Å². The molecule has 0 aliphatic heterocycles. The monoisotopic (exact) mass is 227 g/mol. The number of thioether (sulfide) groups is 1. The van der Waals surface area contributed by atoms with Gasteiger partial charge in [-0.25, -0.2) is 0 Å². The molecular formula is C13H25NS. The molecule has 2 aliphatic carbocycles. The summed E-state index contributed by atoms with van der Waals surface area (Å²) in [5, 5.41) is 5.40. The minimum absolute atomic E-state index is 0.784. The Kier molecular flexibility index (Phi) is 4.39. The number of rotatable bonds is 3. The highest BCUT2D eigenvalue weighted by molar-refractivity contribution is 8.00. The van der Waals surface area contributed by atoms with Crippen LogP contribution in [0.5, 0.6) is 0 Å². The molecule has 2 aliphatic rings. The average molecular weight is 227 g/mol. The zero-order chi connectivity index (χ0) is 10.7. The van der Waals surface area contributed by atoms with Crippen molar-refractivity contribution < 1.29 is 0 Å². The first-order valence-corrected chi connectivity index (χ1v) is 7.56. The van der Waals surface area contributed by atoms with E-state index in [2.05, 4.69) is 31.1 Å². The number of hydrogen-bond donors (Lipinski definition) is 1. The molecule has 0 saturated heterocycles. The van der Waals surface area contributed by atoms with Gasteiger partial charge in [-0.05, 0) is 45.1 Å². The number of hydrogen-bond acceptors (Lipinski definition) is 2. The zero-order valence-corrected chi connectivity index (χ0v) is 11.0. The molecule has 0 spiro atoms. The van der Waals surface area contributed by atoms with E-state index in [1.165, 1.54) is 44.9 Å². The van der Waals surface area contributed by atoms with Crippen molar-refractivity contribution in [2.24, 2.45) is 5.92 Å². The zero-order valence-electron chi connectivity index (χ0n) is 10.2. The Morgan fingerprint density at radius 1 is 1.07 bits per heavy atom. The van der Waals surface area contributed by atoms with Crippen molar-refractivity contribution >= 4 is 11.8 Å². The Bertz CT molecular complexity index is 189. The summed E-state index contributed by atoms with van der Waals surface area (Å²) in [6.45, 7) is 2.42. The van der Waals surface area contributed by atoms with Crippen LogP contribution in [-0.4, -0.2) is 23.6 Å². The van der Waals surface area contributed by atoms with Crippen molar-refractivity contribution in [3.8, 4) is 0 Å². The lowest BCUT2D eigenvalue weighted by atomic mass is 9.87. The fourth-order valence-corrected chi connectivity index (χ4v) is 5.08. The third kappa shape index (κ3) is 3.13. The van der Waals surface area contributed by atoms with Gasteiger partial charge in [0.25, 0.3) is 0 Å². The lowest BCUT2D eigenvalue weighted by molar-refractivity contribution is 0.328. The molecule has 2 saturated carbocycles. The second kappa shape index (κ2) is 5.58. The molecule has 2 fully saturated rings. The van der Waals surface area contributed by atoms with E-state index >= 15 is 0 Å². The molecule has 1 nitrogen and oxygen atoms in total. The van der Waals surface area contributed by atoms with E-state index in [4.69, 9.17) is 0 Å². The van der Waals surface area contributed by atoms with Gasteiger partial charge >= 0.3 is 0 Å². The van der Waals surface area contributed by atoms with Gasteiger partial charge in [0.05, 0.1) is 0 Å². The molecule has 1 N–H and O–H groups in total. The van der Waals surface area contributed by atoms with Crippen LogP contribution >= 0.6 is 11.8 Å². The van der Waals surface area contributed by atoms with Crippen LogP contribution in [-0.2, 0) is 0 Å². The third-order valence-electron chi connectivity index (χ3n) is 4.09. The standard InChI is InChI=1S/C13H25NS/c1-10-7-8-12(14-2)13(9-10)15-11-5-3-4-6-11/h10-14H,3-9H2,1-2H3. The summed E-state index contributed by atoms with van der Waals surface area (Å²) >= 11 is 2.30. The van der Waals surface area contributed by atoms with Crippen LogP contribution in [0.3, 0.4) is 0 Å². The van der Waals surface area contributed by atoms with Crippen LogP contribution in [0.4, 0.5) is 0 Å². The van der Waals surface area contributed by atoms with Crippen molar-refractivity contribution in [2.45, 2.75) is 68.4 Å². The molecular weight excluding hydrogens is 202 g/mol. The van der Waals surface area contributed by atoms with Gasteiger partial charge in [0.1, 0.15) is 0 Å². The Morgan fingerprint density at radius 2 is 1.80 bits per heavy atom. The Morgan fingerprint density at radius 3 is 2.47 bits per heavy atom. The van der Waals surface area contributed by atoms with E-state index in [0.717, 1.165) is 22.5 Å². The van der Waals surface area contributed by atoms with Crippen molar-refractivity contribution in [3.63, 3.8) is 0 Å². The predicted octanol–water partition coefficient (Wildman–Crippen LogP) is 3.44. The van der Waals surface area contributed by atoms with Gasteiger partial charge in [-0.1, -0.05) is 19.8 Å². The van der Waals surface area contributed by atoms with Gasteiger partial charge in [-0.15, -0.1) is 0 Å². The van der Waals surface area contributed by atoms with Crippen LogP contribution in [0.15, 0.2) is 0 Å². The third-order valence-corrected chi connectivity index (χ3v) is 5.82. The Hall–Kier alpha value is 0.310. The van der Waals surface area contributed by atoms with E-state index in [9.17, 15) is 0 Å². The Balaban J connectivity index is 1.85. The van der Waals surface area contributed by atoms with E-state index < -0.39 is 0 Å². The second-order valence-electron chi connectivity index (χ2n) is 5.39. The SMILES string of the molecule is CNC1CCC(C)CC1SC1CCCC1. The van der Waals surface area contributed by atoms with Gasteiger partial charge < -0.3 is 5.32 Å². The summed E-state index contributed by atoms with van der Waals surface area (Å²) in [6.07, 6.45) is 10.2. The molecule has 0 amide bonds. The maximum Gasteiger partial charge on any atom is 0.0206 e. The maximum atomic E-state index is 3.53. The topological polar surface area (TPSA) is 12.0 Å². The average Bonchev–Trinajstić information content (AvgIpc) is 2.71. The molecule has 2 heteroatoms. The highest BCUT2D eigenvalue weighted by atomic mass is 32.2. The van der Waals surface area contributed by atoms with Gasteiger partial charge in [0.15, 0.2) is 0 Å². The highest BCUT2D eigenvalue weighted by Crippen LogP contribution is 2.39. The molecule has 0 bridgehead atoms. The van der Waals surface area contributed by atoms with Crippen LogP contribution in [0.1, 0.15) is 51.9 Å². The minimum atomic E-state index is 0.784. The van der Waals surface area contributed by atoms with Crippen molar-refractivity contribution in [2.75, 3.05) is 7.05 Å². The normalized spacial score (nSPS) is 38.4. The fraction of sp³-hybridized carbons (Fsp3) is 1.00. The van der Waals surface area contributed by atoms with E-state index in [1.54, 1.807) is 0 Å². The lowest BCUT2D eigenvalue weighted by Crippen LogP contribution is -2.41. The lowest BCUT2D eigenvalue weighted by Gasteiger charge is -2.35. The minimum Gasteiger partial charge on any atom is -0.316 e. The molecule has 3 atom stereocenters. The number of nitrogens with one attached hydrogen (secondary N) is 1. The molecule has 3 unspecified atom stereocenters. The fourth-order valence-electron chi connectivity index (χ4n) is 3.08. The molecule has 0 aromatic rings. The van der Waals surface area contributed by atoms with Gasteiger partial charge in [0.2, 0.25) is 0 Å². The summed E-state index contributed by atoms with van der Waals surface area (Å²) in [5.74, 6) is 0.952. The second-order valence-corrected chi connectivity index (χ2v) is 6.94. The van der Waals surface area contributed by atoms with Crippen molar-refractivity contribution in [3.05, 3.63) is 0 Å². The van der Waals surface area contributed by atoms with Crippen LogP contribution in [0, 0.1) is 5.92 Å². The summed E-state index contributed by atoms with van der Waals surface area (Å²) < 4.78 is 0. The molecule has 2 rings (SSSR count). The van der Waals surface area contributed by atoms with E-state index in [0.29, 0.717) is 0 Å². The summed E-state index contributed by atoms with van der Waals surface area (Å²) in [6, 6.07) is 0.784. The highest BCUT2D eigenvalue weighted by Gasteiger charge is 2.30. The van der Waals surface area contributed by atoms with Gasteiger partial charge in [-0.2, -0.15) is 11.8 Å². The first kappa shape index (κ1) is 11.8. The Labute approximate surface area is 98.8 Å². The summed E-state index contributed by atoms with van der Waals surface area (Å²) in [7, 11) is 2.14. The van der Waals surface area contributed by atoms with Crippen molar-refractivity contribution in [1.29, 1.82) is 0 Å². The summed E-state index contributed by atoms with van der Waals surface area (Å²) in [4.78, 5) is 0. The van der Waals surface area contributed by atoms with Crippen LogP contribution in [0.2, 0.25) is 0 Å². The molecule has 88 valence electrons. The van der Waals surface area contributed by atoms with Crippen LogP contribution in [0.25, 0.3) is 0 Å². The smallest absolute Gasteiger partial charge is 0.0206 e. The predicted molar refractivity (Wildman–Crippen MR) is 69.5 cm³/mol. The van der Waals surface area contributed by atoms with Crippen LogP contribution < -0.4 is 5.32 Å².